The highest BCUT2D eigenvalue weighted by Gasteiger charge is 2.17. The molecule has 1 heterocycles. The van der Waals surface area contributed by atoms with Crippen LogP contribution >= 0.6 is 0 Å². The third-order valence-corrected chi connectivity index (χ3v) is 3.39. The Bertz CT molecular complexity index is 259. The molecule has 1 aliphatic rings. The van der Waals surface area contributed by atoms with Crippen molar-refractivity contribution in [1.29, 1.82) is 0 Å². The van der Waals surface area contributed by atoms with Crippen molar-refractivity contribution in [3.8, 4) is 0 Å². The van der Waals surface area contributed by atoms with Crippen LogP contribution < -0.4 is 10.6 Å². The lowest BCUT2D eigenvalue weighted by Crippen LogP contribution is -2.47. The standard InChI is InChI=1S/C13H27N3O2/c1-10(2)11(3)15-13(17)8-14-7-12-9-16(4)5-6-18-12/h10-12,14H,5-9H2,1-4H3,(H,15,17). The number of hydrogen-bond acceptors (Lipinski definition) is 4. The summed E-state index contributed by atoms with van der Waals surface area (Å²) in [6, 6.07) is 0.219. The summed E-state index contributed by atoms with van der Waals surface area (Å²) in [5.74, 6) is 0.518. The maximum atomic E-state index is 11.6. The average Bonchev–Trinajstić information content (AvgIpc) is 2.28. The van der Waals surface area contributed by atoms with E-state index in [0.717, 1.165) is 26.2 Å². The smallest absolute Gasteiger partial charge is 0.234 e. The number of ether oxygens (including phenoxy) is 1. The minimum atomic E-state index is 0.0559. The number of nitrogens with zero attached hydrogens (tertiary/aromatic N) is 1. The molecule has 0 aromatic rings. The molecule has 2 atom stereocenters. The van der Waals surface area contributed by atoms with Crippen LogP contribution in [0.1, 0.15) is 20.8 Å². The summed E-state index contributed by atoms with van der Waals surface area (Å²) >= 11 is 0. The zero-order valence-electron chi connectivity index (χ0n) is 12.0. The van der Waals surface area contributed by atoms with Crippen LogP contribution in [0.5, 0.6) is 0 Å². The number of morpholine rings is 1. The van der Waals surface area contributed by atoms with Gasteiger partial charge in [-0.1, -0.05) is 13.8 Å². The Hall–Kier alpha value is -0.650. The fraction of sp³-hybridized carbons (Fsp3) is 0.923. The van der Waals surface area contributed by atoms with Crippen LogP contribution in [0.25, 0.3) is 0 Å². The first kappa shape index (κ1) is 15.4. The molecule has 0 bridgehead atoms. The molecule has 0 aromatic heterocycles. The topological polar surface area (TPSA) is 53.6 Å². The van der Waals surface area contributed by atoms with Gasteiger partial charge in [0.2, 0.25) is 5.91 Å². The zero-order chi connectivity index (χ0) is 13.5. The van der Waals surface area contributed by atoms with Gasteiger partial charge in [-0.2, -0.15) is 0 Å². The Morgan fingerprint density at radius 3 is 2.78 bits per heavy atom. The highest BCUT2D eigenvalue weighted by atomic mass is 16.5. The molecule has 2 N–H and O–H groups in total. The highest BCUT2D eigenvalue weighted by Crippen LogP contribution is 2.01. The molecule has 0 aromatic carbocycles. The molecule has 5 heteroatoms. The van der Waals surface area contributed by atoms with Crippen molar-refractivity contribution < 1.29 is 9.53 Å². The van der Waals surface area contributed by atoms with Gasteiger partial charge in [-0.25, -0.2) is 0 Å². The van der Waals surface area contributed by atoms with Crippen molar-refractivity contribution >= 4 is 5.91 Å². The Morgan fingerprint density at radius 1 is 1.44 bits per heavy atom. The van der Waals surface area contributed by atoms with Gasteiger partial charge in [0.05, 0.1) is 19.3 Å². The average molecular weight is 257 g/mol. The van der Waals surface area contributed by atoms with Crippen molar-refractivity contribution in [2.24, 2.45) is 5.92 Å². The van der Waals surface area contributed by atoms with E-state index in [1.807, 2.05) is 6.92 Å². The van der Waals surface area contributed by atoms with E-state index in [2.05, 4.69) is 36.4 Å². The van der Waals surface area contributed by atoms with Gasteiger partial charge in [0, 0.05) is 25.7 Å². The molecular formula is C13H27N3O2. The third-order valence-electron chi connectivity index (χ3n) is 3.39. The van der Waals surface area contributed by atoms with Gasteiger partial charge in [-0.15, -0.1) is 0 Å². The minimum Gasteiger partial charge on any atom is -0.374 e. The number of amides is 1. The lowest BCUT2D eigenvalue weighted by molar-refractivity contribution is -0.121. The summed E-state index contributed by atoms with van der Waals surface area (Å²) in [6.45, 7) is 10.0. The highest BCUT2D eigenvalue weighted by molar-refractivity contribution is 5.78. The van der Waals surface area contributed by atoms with Gasteiger partial charge in [0.1, 0.15) is 0 Å². The van der Waals surface area contributed by atoms with E-state index in [-0.39, 0.29) is 18.1 Å². The number of likely N-dealkylation sites (N-methyl/N-ethyl adjacent to an activating group) is 1. The molecule has 1 amide bonds. The van der Waals surface area contributed by atoms with Crippen LogP contribution in [-0.4, -0.2) is 62.8 Å². The molecule has 18 heavy (non-hydrogen) atoms. The van der Waals surface area contributed by atoms with Gasteiger partial charge in [-0.05, 0) is 19.9 Å². The monoisotopic (exact) mass is 257 g/mol. The Labute approximate surface area is 110 Å². The Balaban J connectivity index is 2.11. The van der Waals surface area contributed by atoms with Gasteiger partial charge in [0.15, 0.2) is 0 Å². The third kappa shape index (κ3) is 5.80. The maximum Gasteiger partial charge on any atom is 0.234 e. The number of hydrogen-bond donors (Lipinski definition) is 2. The van der Waals surface area contributed by atoms with Crippen LogP contribution in [0.3, 0.4) is 0 Å². The van der Waals surface area contributed by atoms with E-state index in [1.165, 1.54) is 0 Å². The molecule has 0 spiro atoms. The predicted octanol–water partition coefficient (Wildman–Crippen LogP) is 0.0673. The molecule has 0 aliphatic carbocycles. The fourth-order valence-electron chi connectivity index (χ4n) is 1.81. The summed E-state index contributed by atoms with van der Waals surface area (Å²) in [6.07, 6.45) is 0.194. The number of carbonyl (C=O) groups excluding carboxylic acids is 1. The second kappa shape index (κ2) is 7.71. The van der Waals surface area contributed by atoms with Crippen LogP contribution in [0, 0.1) is 5.92 Å². The SMILES string of the molecule is CC(C)C(C)NC(=O)CNCC1CN(C)CCO1. The summed E-state index contributed by atoms with van der Waals surface area (Å²) in [5, 5.41) is 6.13. The van der Waals surface area contributed by atoms with Crippen molar-refractivity contribution in [1.82, 2.24) is 15.5 Å². The molecule has 1 aliphatic heterocycles. The summed E-state index contributed by atoms with van der Waals surface area (Å²) in [5.41, 5.74) is 0. The minimum absolute atomic E-state index is 0.0559. The number of rotatable bonds is 6. The van der Waals surface area contributed by atoms with Crippen molar-refractivity contribution in [2.45, 2.75) is 32.9 Å². The molecule has 106 valence electrons. The van der Waals surface area contributed by atoms with Crippen molar-refractivity contribution in [3.63, 3.8) is 0 Å². The zero-order valence-corrected chi connectivity index (χ0v) is 12.0. The number of nitrogens with one attached hydrogen (secondary N) is 2. The first-order valence-corrected chi connectivity index (χ1v) is 6.79. The van der Waals surface area contributed by atoms with Gasteiger partial charge in [-0.3, -0.25) is 4.79 Å². The number of carbonyl (C=O) groups is 1. The molecule has 2 unspecified atom stereocenters. The van der Waals surface area contributed by atoms with Crippen molar-refractivity contribution in [2.75, 3.05) is 39.8 Å². The van der Waals surface area contributed by atoms with Crippen LogP contribution in [0.2, 0.25) is 0 Å². The first-order valence-electron chi connectivity index (χ1n) is 6.79. The van der Waals surface area contributed by atoms with E-state index in [1.54, 1.807) is 0 Å². The van der Waals surface area contributed by atoms with Gasteiger partial charge >= 0.3 is 0 Å². The first-order chi connectivity index (χ1) is 8.49. The molecule has 1 saturated heterocycles. The van der Waals surface area contributed by atoms with E-state index in [9.17, 15) is 4.79 Å². The van der Waals surface area contributed by atoms with Crippen molar-refractivity contribution in [3.05, 3.63) is 0 Å². The van der Waals surface area contributed by atoms with E-state index in [4.69, 9.17) is 4.74 Å². The molecule has 0 saturated carbocycles. The van der Waals surface area contributed by atoms with E-state index < -0.39 is 0 Å². The molecule has 5 nitrogen and oxygen atoms in total. The van der Waals surface area contributed by atoms with Crippen LogP contribution in [0.15, 0.2) is 0 Å². The molecular weight excluding hydrogens is 230 g/mol. The summed E-state index contributed by atoms with van der Waals surface area (Å²) in [4.78, 5) is 13.9. The lowest BCUT2D eigenvalue weighted by Gasteiger charge is -2.30. The predicted molar refractivity (Wildman–Crippen MR) is 72.5 cm³/mol. The van der Waals surface area contributed by atoms with Crippen LogP contribution in [0.4, 0.5) is 0 Å². The summed E-state index contributed by atoms with van der Waals surface area (Å²) < 4.78 is 5.61. The quantitative estimate of drug-likeness (QED) is 0.707. The normalized spacial score (nSPS) is 23.1. The van der Waals surface area contributed by atoms with Gasteiger partial charge < -0.3 is 20.3 Å². The maximum absolute atomic E-state index is 11.6. The second-order valence-electron chi connectivity index (χ2n) is 5.49. The lowest BCUT2D eigenvalue weighted by atomic mass is 10.1. The van der Waals surface area contributed by atoms with Crippen LogP contribution in [-0.2, 0) is 9.53 Å². The van der Waals surface area contributed by atoms with E-state index >= 15 is 0 Å². The molecule has 1 fully saturated rings. The van der Waals surface area contributed by atoms with Gasteiger partial charge in [0.25, 0.3) is 0 Å². The second-order valence-corrected chi connectivity index (χ2v) is 5.49. The Morgan fingerprint density at radius 2 is 2.17 bits per heavy atom. The fourth-order valence-corrected chi connectivity index (χ4v) is 1.81. The largest absolute Gasteiger partial charge is 0.374 e. The molecule has 1 rings (SSSR count). The Kier molecular flexibility index (Phi) is 6.60. The van der Waals surface area contributed by atoms with E-state index in [0.29, 0.717) is 12.5 Å². The molecule has 0 radical (unpaired) electrons. The summed E-state index contributed by atoms with van der Waals surface area (Å²) in [7, 11) is 2.09.